The maximum absolute atomic E-state index is 4.70. The van der Waals surface area contributed by atoms with Crippen molar-refractivity contribution >= 4 is 17.4 Å². The van der Waals surface area contributed by atoms with Gasteiger partial charge in [0.25, 0.3) is 0 Å². The number of aliphatic imine (C=N–C) groups is 1. The number of aromatic nitrogens is 1. The Kier molecular flexibility index (Phi) is 3.49. The molecule has 2 heteroatoms. The standard InChI is InChI=1S/C21H16N2/c1-3-9-17(10-4-1)16-22-19-15-21(18-11-5-2-6-12-18)23-14-8-7-13-20(19)23/h1-16H. The molecule has 0 aliphatic carbocycles. The number of hydrogen-bond donors (Lipinski definition) is 0. The Hall–Kier alpha value is -3.13. The first kappa shape index (κ1) is 13.5. The number of pyridine rings is 1. The third-order valence-electron chi connectivity index (χ3n) is 3.88. The summed E-state index contributed by atoms with van der Waals surface area (Å²) in [5, 5.41) is 0. The molecule has 0 unspecified atom stereocenters. The molecule has 110 valence electrons. The van der Waals surface area contributed by atoms with Crippen LogP contribution in [0.2, 0.25) is 0 Å². The number of nitrogens with zero attached hydrogens (tertiary/aromatic N) is 2. The molecule has 0 aliphatic rings. The van der Waals surface area contributed by atoms with Gasteiger partial charge < -0.3 is 4.40 Å². The van der Waals surface area contributed by atoms with Crippen LogP contribution in [-0.4, -0.2) is 10.6 Å². The molecule has 2 heterocycles. The van der Waals surface area contributed by atoms with Gasteiger partial charge in [-0.2, -0.15) is 0 Å². The van der Waals surface area contributed by atoms with Crippen molar-refractivity contribution in [3.05, 3.63) is 96.7 Å². The van der Waals surface area contributed by atoms with Gasteiger partial charge in [-0.25, -0.2) is 0 Å². The Morgan fingerprint density at radius 1 is 0.739 bits per heavy atom. The first-order chi connectivity index (χ1) is 11.4. The minimum Gasteiger partial charge on any atom is -0.314 e. The van der Waals surface area contributed by atoms with Gasteiger partial charge in [-0.1, -0.05) is 66.7 Å². The summed E-state index contributed by atoms with van der Waals surface area (Å²) in [7, 11) is 0. The fourth-order valence-electron chi connectivity index (χ4n) is 2.75. The van der Waals surface area contributed by atoms with Crippen LogP contribution in [0.15, 0.2) is 96.1 Å². The SMILES string of the molecule is C(=Nc1cc(-c2ccccc2)n2ccccc12)c1ccccc1. The van der Waals surface area contributed by atoms with Crippen molar-refractivity contribution in [2.75, 3.05) is 0 Å². The van der Waals surface area contributed by atoms with Gasteiger partial charge in [0, 0.05) is 12.4 Å². The topological polar surface area (TPSA) is 16.8 Å². The van der Waals surface area contributed by atoms with Gasteiger partial charge in [-0.15, -0.1) is 0 Å². The normalized spacial score (nSPS) is 11.3. The molecular formula is C21H16N2. The molecule has 0 amide bonds. The molecule has 4 rings (SSSR count). The van der Waals surface area contributed by atoms with Crippen LogP contribution >= 0.6 is 0 Å². The second kappa shape index (κ2) is 5.93. The van der Waals surface area contributed by atoms with Crippen molar-refractivity contribution in [1.29, 1.82) is 0 Å². The third-order valence-corrected chi connectivity index (χ3v) is 3.88. The van der Waals surface area contributed by atoms with Gasteiger partial charge in [0.05, 0.1) is 16.9 Å². The first-order valence-electron chi connectivity index (χ1n) is 7.66. The zero-order chi connectivity index (χ0) is 15.5. The number of fused-ring (bicyclic) bond motifs is 1. The van der Waals surface area contributed by atoms with E-state index in [9.17, 15) is 0 Å². The van der Waals surface area contributed by atoms with Crippen LogP contribution in [0.1, 0.15) is 5.56 Å². The Balaban J connectivity index is 1.83. The lowest BCUT2D eigenvalue weighted by Gasteiger charge is -2.01. The number of rotatable bonds is 3. The molecule has 0 aliphatic heterocycles. The van der Waals surface area contributed by atoms with Gasteiger partial charge >= 0.3 is 0 Å². The largest absolute Gasteiger partial charge is 0.314 e. The molecule has 23 heavy (non-hydrogen) atoms. The fourth-order valence-corrected chi connectivity index (χ4v) is 2.75. The highest BCUT2D eigenvalue weighted by molar-refractivity contribution is 5.87. The van der Waals surface area contributed by atoms with E-state index in [1.54, 1.807) is 0 Å². The molecule has 0 spiro atoms. The molecule has 0 bridgehead atoms. The van der Waals surface area contributed by atoms with E-state index in [2.05, 4.69) is 59.1 Å². The molecular weight excluding hydrogens is 280 g/mol. The smallest absolute Gasteiger partial charge is 0.0891 e. The van der Waals surface area contributed by atoms with Crippen LogP contribution in [0, 0.1) is 0 Å². The Labute approximate surface area is 135 Å². The fraction of sp³-hybridized carbons (Fsp3) is 0. The lowest BCUT2D eigenvalue weighted by molar-refractivity contribution is 1.20. The van der Waals surface area contributed by atoms with Crippen molar-refractivity contribution < 1.29 is 0 Å². The van der Waals surface area contributed by atoms with Crippen LogP contribution in [0.5, 0.6) is 0 Å². The molecule has 0 saturated heterocycles. The summed E-state index contributed by atoms with van der Waals surface area (Å²) in [6, 6.07) is 28.9. The Morgan fingerprint density at radius 2 is 1.43 bits per heavy atom. The molecule has 0 radical (unpaired) electrons. The quantitative estimate of drug-likeness (QED) is 0.453. The molecule has 0 atom stereocenters. The molecule has 2 aromatic heterocycles. The summed E-state index contributed by atoms with van der Waals surface area (Å²) in [4.78, 5) is 4.70. The Morgan fingerprint density at radius 3 is 2.22 bits per heavy atom. The van der Waals surface area contributed by atoms with Crippen molar-refractivity contribution in [2.24, 2.45) is 4.99 Å². The summed E-state index contributed by atoms with van der Waals surface area (Å²) in [6.07, 6.45) is 4.00. The molecule has 4 aromatic rings. The van der Waals surface area contributed by atoms with E-state index >= 15 is 0 Å². The van der Waals surface area contributed by atoms with Gasteiger partial charge in [-0.05, 0) is 29.3 Å². The van der Waals surface area contributed by atoms with Crippen LogP contribution in [0.25, 0.3) is 16.8 Å². The maximum atomic E-state index is 4.70. The van der Waals surface area contributed by atoms with E-state index in [0.29, 0.717) is 0 Å². The number of benzene rings is 2. The highest BCUT2D eigenvalue weighted by atomic mass is 14.9. The lowest BCUT2D eigenvalue weighted by Crippen LogP contribution is -1.86. The Bertz CT molecular complexity index is 951. The van der Waals surface area contributed by atoms with Crippen LogP contribution in [0.4, 0.5) is 5.69 Å². The second-order valence-electron chi connectivity index (χ2n) is 5.41. The van der Waals surface area contributed by atoms with Crippen LogP contribution in [-0.2, 0) is 0 Å². The molecule has 0 N–H and O–H groups in total. The van der Waals surface area contributed by atoms with Crippen molar-refractivity contribution in [3.63, 3.8) is 0 Å². The van der Waals surface area contributed by atoms with Crippen molar-refractivity contribution in [3.8, 4) is 11.3 Å². The van der Waals surface area contributed by atoms with Gasteiger partial charge in [0.2, 0.25) is 0 Å². The molecule has 0 saturated carbocycles. The van der Waals surface area contributed by atoms with E-state index < -0.39 is 0 Å². The highest BCUT2D eigenvalue weighted by Gasteiger charge is 2.08. The minimum atomic E-state index is 0.980. The van der Waals surface area contributed by atoms with Gasteiger partial charge in [0.15, 0.2) is 0 Å². The first-order valence-corrected chi connectivity index (χ1v) is 7.66. The lowest BCUT2D eigenvalue weighted by atomic mass is 10.1. The average Bonchev–Trinajstić information content (AvgIpc) is 3.01. The third kappa shape index (κ3) is 2.67. The average molecular weight is 296 g/mol. The van der Waals surface area contributed by atoms with Crippen molar-refractivity contribution in [2.45, 2.75) is 0 Å². The van der Waals surface area contributed by atoms with E-state index in [1.807, 2.05) is 42.6 Å². The van der Waals surface area contributed by atoms with Crippen molar-refractivity contribution in [1.82, 2.24) is 4.40 Å². The monoisotopic (exact) mass is 296 g/mol. The van der Waals surface area contributed by atoms with Crippen LogP contribution < -0.4 is 0 Å². The molecule has 0 fully saturated rings. The van der Waals surface area contributed by atoms with E-state index in [0.717, 1.165) is 22.5 Å². The summed E-state index contributed by atoms with van der Waals surface area (Å²) in [6.45, 7) is 0. The highest BCUT2D eigenvalue weighted by Crippen LogP contribution is 2.31. The predicted molar refractivity (Wildman–Crippen MR) is 96.5 cm³/mol. The summed E-state index contributed by atoms with van der Waals surface area (Å²) in [5.41, 5.74) is 5.53. The van der Waals surface area contributed by atoms with Gasteiger partial charge in [-0.3, -0.25) is 4.99 Å². The summed E-state index contributed by atoms with van der Waals surface area (Å²) >= 11 is 0. The van der Waals surface area contributed by atoms with E-state index in [1.165, 1.54) is 5.56 Å². The van der Waals surface area contributed by atoms with E-state index in [4.69, 9.17) is 4.99 Å². The summed E-state index contributed by atoms with van der Waals surface area (Å²) in [5.74, 6) is 0. The molecule has 2 aromatic carbocycles. The zero-order valence-corrected chi connectivity index (χ0v) is 12.6. The van der Waals surface area contributed by atoms with Gasteiger partial charge in [0.1, 0.15) is 0 Å². The second-order valence-corrected chi connectivity index (χ2v) is 5.41. The molecule has 2 nitrogen and oxygen atoms in total. The summed E-state index contributed by atoms with van der Waals surface area (Å²) < 4.78 is 2.19. The zero-order valence-electron chi connectivity index (χ0n) is 12.6. The maximum Gasteiger partial charge on any atom is 0.0891 e. The number of hydrogen-bond acceptors (Lipinski definition) is 1. The predicted octanol–water partition coefficient (Wildman–Crippen LogP) is 5.36. The minimum absolute atomic E-state index is 0.980. The van der Waals surface area contributed by atoms with Crippen LogP contribution in [0.3, 0.4) is 0 Å². The van der Waals surface area contributed by atoms with E-state index in [-0.39, 0.29) is 0 Å².